The van der Waals surface area contributed by atoms with E-state index in [0.29, 0.717) is 18.0 Å². The van der Waals surface area contributed by atoms with Crippen LogP contribution in [-0.2, 0) is 6.61 Å². The predicted octanol–water partition coefficient (Wildman–Crippen LogP) is 3.17. The van der Waals surface area contributed by atoms with Crippen LogP contribution in [0.2, 0.25) is 0 Å². The van der Waals surface area contributed by atoms with Gasteiger partial charge < -0.3 is 19.9 Å². The van der Waals surface area contributed by atoms with Crippen molar-refractivity contribution >= 4 is 5.69 Å². The molecule has 0 amide bonds. The zero-order chi connectivity index (χ0) is 14.5. The molecule has 0 spiro atoms. The number of aryl methyl sites for hydroxylation is 1. The second-order valence-electron chi connectivity index (χ2n) is 4.51. The summed E-state index contributed by atoms with van der Waals surface area (Å²) in [6, 6.07) is 11.4. The highest BCUT2D eigenvalue weighted by Crippen LogP contribution is 2.28. The van der Waals surface area contributed by atoms with Crippen LogP contribution in [0.4, 0.5) is 5.69 Å². The van der Waals surface area contributed by atoms with Gasteiger partial charge in [0.25, 0.3) is 0 Å². The Balaban J connectivity index is 2.14. The molecular formula is C16H19NO3. The molecule has 0 aliphatic rings. The van der Waals surface area contributed by atoms with Gasteiger partial charge >= 0.3 is 0 Å². The SMILES string of the molecule is COc1ccc(COc2ccc(C)cc2N)c(OC)c1. The molecule has 0 aliphatic carbocycles. The zero-order valence-electron chi connectivity index (χ0n) is 12.0. The Morgan fingerprint density at radius 3 is 2.40 bits per heavy atom. The number of methoxy groups -OCH3 is 2. The van der Waals surface area contributed by atoms with Crippen molar-refractivity contribution in [1.82, 2.24) is 0 Å². The predicted molar refractivity (Wildman–Crippen MR) is 79.5 cm³/mol. The normalized spacial score (nSPS) is 10.2. The largest absolute Gasteiger partial charge is 0.497 e. The molecule has 106 valence electrons. The number of benzene rings is 2. The van der Waals surface area contributed by atoms with Crippen LogP contribution >= 0.6 is 0 Å². The number of nitrogens with two attached hydrogens (primary N) is 1. The van der Waals surface area contributed by atoms with Crippen LogP contribution in [-0.4, -0.2) is 14.2 Å². The van der Waals surface area contributed by atoms with Gasteiger partial charge in [0.1, 0.15) is 23.9 Å². The fourth-order valence-electron chi connectivity index (χ4n) is 1.93. The number of hydrogen-bond acceptors (Lipinski definition) is 4. The second kappa shape index (κ2) is 6.19. The third-order valence-corrected chi connectivity index (χ3v) is 3.04. The van der Waals surface area contributed by atoms with Crippen LogP contribution < -0.4 is 19.9 Å². The third-order valence-electron chi connectivity index (χ3n) is 3.04. The maximum Gasteiger partial charge on any atom is 0.142 e. The van der Waals surface area contributed by atoms with Gasteiger partial charge in [0.05, 0.1) is 19.9 Å². The standard InChI is InChI=1S/C16H19NO3/c1-11-4-7-15(14(17)8-11)20-10-12-5-6-13(18-2)9-16(12)19-3/h4-9H,10,17H2,1-3H3. The first kappa shape index (κ1) is 14.1. The maximum atomic E-state index is 5.93. The summed E-state index contributed by atoms with van der Waals surface area (Å²) in [7, 11) is 3.25. The van der Waals surface area contributed by atoms with Crippen LogP contribution in [0.25, 0.3) is 0 Å². The highest BCUT2D eigenvalue weighted by molar-refractivity contribution is 5.54. The van der Waals surface area contributed by atoms with Gasteiger partial charge in [-0.1, -0.05) is 6.07 Å². The highest BCUT2D eigenvalue weighted by Gasteiger charge is 2.07. The smallest absolute Gasteiger partial charge is 0.142 e. The minimum atomic E-state index is 0.389. The molecule has 0 saturated heterocycles. The van der Waals surface area contributed by atoms with E-state index in [1.165, 1.54) is 0 Å². The lowest BCUT2D eigenvalue weighted by Gasteiger charge is -2.13. The lowest BCUT2D eigenvalue weighted by molar-refractivity contribution is 0.297. The van der Waals surface area contributed by atoms with E-state index in [1.807, 2.05) is 43.3 Å². The molecule has 0 heterocycles. The molecule has 0 aliphatic heterocycles. The molecule has 0 bridgehead atoms. The molecule has 4 nitrogen and oxygen atoms in total. The van der Waals surface area contributed by atoms with Crippen molar-refractivity contribution in [2.24, 2.45) is 0 Å². The molecule has 2 aromatic rings. The zero-order valence-corrected chi connectivity index (χ0v) is 12.0. The van der Waals surface area contributed by atoms with Gasteiger partial charge in [0.2, 0.25) is 0 Å². The summed E-state index contributed by atoms with van der Waals surface area (Å²) in [5.41, 5.74) is 8.61. The van der Waals surface area contributed by atoms with Crippen molar-refractivity contribution in [1.29, 1.82) is 0 Å². The van der Waals surface area contributed by atoms with Gasteiger partial charge in [-0.05, 0) is 36.8 Å². The minimum absolute atomic E-state index is 0.389. The van der Waals surface area contributed by atoms with E-state index < -0.39 is 0 Å². The molecule has 2 N–H and O–H groups in total. The Morgan fingerprint density at radius 1 is 0.950 bits per heavy atom. The number of ether oxygens (including phenoxy) is 3. The Hall–Kier alpha value is -2.36. The lowest BCUT2D eigenvalue weighted by Crippen LogP contribution is -2.01. The number of hydrogen-bond donors (Lipinski definition) is 1. The van der Waals surface area contributed by atoms with Gasteiger partial charge in [0, 0.05) is 11.6 Å². The third kappa shape index (κ3) is 3.15. The number of rotatable bonds is 5. The summed E-state index contributed by atoms with van der Waals surface area (Å²) in [6.07, 6.45) is 0. The van der Waals surface area contributed by atoms with Crippen molar-refractivity contribution in [3.63, 3.8) is 0 Å². The Bertz CT molecular complexity index is 596. The monoisotopic (exact) mass is 273 g/mol. The van der Waals surface area contributed by atoms with E-state index in [2.05, 4.69) is 0 Å². The van der Waals surface area contributed by atoms with Crippen molar-refractivity contribution in [2.45, 2.75) is 13.5 Å². The Morgan fingerprint density at radius 2 is 1.75 bits per heavy atom. The van der Waals surface area contributed by atoms with E-state index in [4.69, 9.17) is 19.9 Å². The average Bonchev–Trinajstić information content (AvgIpc) is 2.46. The summed E-state index contributed by atoms with van der Waals surface area (Å²) in [4.78, 5) is 0. The van der Waals surface area contributed by atoms with Gasteiger partial charge in [-0.3, -0.25) is 0 Å². The van der Waals surface area contributed by atoms with Crippen LogP contribution in [0.3, 0.4) is 0 Å². The average molecular weight is 273 g/mol. The molecule has 0 unspecified atom stereocenters. The first-order chi connectivity index (χ1) is 9.63. The summed E-state index contributed by atoms with van der Waals surface area (Å²) < 4.78 is 16.2. The number of nitrogen functional groups attached to an aromatic ring is 1. The van der Waals surface area contributed by atoms with Gasteiger partial charge in [-0.15, -0.1) is 0 Å². The molecule has 4 heteroatoms. The molecule has 2 rings (SSSR count). The summed E-state index contributed by atoms with van der Waals surface area (Å²) >= 11 is 0. The molecule has 0 atom stereocenters. The molecule has 0 aromatic heterocycles. The van der Waals surface area contributed by atoms with E-state index in [0.717, 1.165) is 22.6 Å². The van der Waals surface area contributed by atoms with E-state index in [1.54, 1.807) is 14.2 Å². The van der Waals surface area contributed by atoms with Crippen molar-refractivity contribution in [3.8, 4) is 17.2 Å². The van der Waals surface area contributed by atoms with Crippen molar-refractivity contribution in [2.75, 3.05) is 20.0 Å². The first-order valence-electron chi connectivity index (χ1n) is 6.34. The van der Waals surface area contributed by atoms with E-state index in [9.17, 15) is 0 Å². The molecule has 0 saturated carbocycles. The fraction of sp³-hybridized carbons (Fsp3) is 0.250. The van der Waals surface area contributed by atoms with Crippen LogP contribution in [0.5, 0.6) is 17.2 Å². The molecule has 20 heavy (non-hydrogen) atoms. The molecular weight excluding hydrogens is 254 g/mol. The fourth-order valence-corrected chi connectivity index (χ4v) is 1.93. The topological polar surface area (TPSA) is 53.7 Å². The van der Waals surface area contributed by atoms with E-state index >= 15 is 0 Å². The van der Waals surface area contributed by atoms with Crippen LogP contribution in [0, 0.1) is 6.92 Å². The summed E-state index contributed by atoms with van der Waals surface area (Å²) in [5.74, 6) is 2.16. The van der Waals surface area contributed by atoms with Gasteiger partial charge in [-0.2, -0.15) is 0 Å². The molecule has 2 aromatic carbocycles. The van der Waals surface area contributed by atoms with E-state index in [-0.39, 0.29) is 0 Å². The Labute approximate surface area is 119 Å². The van der Waals surface area contributed by atoms with Crippen molar-refractivity contribution in [3.05, 3.63) is 47.5 Å². The Kier molecular flexibility index (Phi) is 4.35. The quantitative estimate of drug-likeness (QED) is 0.850. The van der Waals surface area contributed by atoms with Crippen molar-refractivity contribution < 1.29 is 14.2 Å². The van der Waals surface area contributed by atoms with Gasteiger partial charge in [0.15, 0.2) is 0 Å². The van der Waals surface area contributed by atoms with Gasteiger partial charge in [-0.25, -0.2) is 0 Å². The lowest BCUT2D eigenvalue weighted by atomic mass is 10.2. The highest BCUT2D eigenvalue weighted by atomic mass is 16.5. The maximum absolute atomic E-state index is 5.93. The number of anilines is 1. The summed E-state index contributed by atoms with van der Waals surface area (Å²) in [5, 5.41) is 0. The van der Waals surface area contributed by atoms with Crippen LogP contribution in [0.1, 0.15) is 11.1 Å². The first-order valence-corrected chi connectivity index (χ1v) is 6.34. The summed E-state index contributed by atoms with van der Waals surface area (Å²) in [6.45, 7) is 2.38. The molecule has 0 radical (unpaired) electrons. The van der Waals surface area contributed by atoms with Crippen LogP contribution in [0.15, 0.2) is 36.4 Å². The molecule has 0 fully saturated rings. The second-order valence-corrected chi connectivity index (χ2v) is 4.51. The minimum Gasteiger partial charge on any atom is -0.497 e.